The molecule has 0 bridgehead atoms. The number of rotatable bonds is 6. The average Bonchev–Trinajstić information content (AvgIpc) is 3.10. The summed E-state index contributed by atoms with van der Waals surface area (Å²) >= 11 is 0. The van der Waals surface area contributed by atoms with E-state index in [2.05, 4.69) is 22.5 Å². The van der Waals surface area contributed by atoms with Gasteiger partial charge in [-0.2, -0.15) is 0 Å². The van der Waals surface area contributed by atoms with Crippen molar-refractivity contribution in [3.05, 3.63) is 0 Å². The van der Waals surface area contributed by atoms with Crippen molar-refractivity contribution in [2.75, 3.05) is 13.1 Å². The van der Waals surface area contributed by atoms with Gasteiger partial charge < -0.3 is 15.7 Å². The molecule has 16 heavy (non-hydrogen) atoms. The quantitative estimate of drug-likeness (QED) is 0.473. The van der Waals surface area contributed by atoms with Crippen molar-refractivity contribution in [3.8, 4) is 0 Å². The van der Waals surface area contributed by atoms with Crippen LogP contribution in [0.2, 0.25) is 0 Å². The van der Waals surface area contributed by atoms with Gasteiger partial charge in [0.05, 0.1) is 12.1 Å². The molecule has 0 atom stereocenters. The van der Waals surface area contributed by atoms with E-state index in [0.29, 0.717) is 12.6 Å². The number of hydrogen-bond donors (Lipinski definition) is 3. The zero-order valence-electron chi connectivity index (χ0n) is 10.7. The summed E-state index contributed by atoms with van der Waals surface area (Å²) < 4.78 is 0. The smallest absolute Gasteiger partial charge is 0.191 e. The average molecular weight is 227 g/mol. The van der Waals surface area contributed by atoms with Crippen molar-refractivity contribution in [2.45, 2.75) is 58.1 Å². The van der Waals surface area contributed by atoms with Gasteiger partial charge in [0.15, 0.2) is 5.96 Å². The van der Waals surface area contributed by atoms with Gasteiger partial charge in [0.1, 0.15) is 0 Å². The van der Waals surface area contributed by atoms with Crippen LogP contribution in [0.25, 0.3) is 0 Å². The maximum absolute atomic E-state index is 10.1. The monoisotopic (exact) mass is 227 g/mol. The van der Waals surface area contributed by atoms with Crippen molar-refractivity contribution >= 4 is 5.96 Å². The van der Waals surface area contributed by atoms with E-state index in [0.717, 1.165) is 25.3 Å². The lowest BCUT2D eigenvalue weighted by Crippen LogP contribution is -2.40. The van der Waals surface area contributed by atoms with E-state index in [1.54, 1.807) is 0 Å². The predicted molar refractivity (Wildman–Crippen MR) is 67.7 cm³/mol. The van der Waals surface area contributed by atoms with E-state index < -0.39 is 5.60 Å². The molecular formula is C12H25N3O. The lowest BCUT2D eigenvalue weighted by Gasteiger charge is -2.23. The molecule has 3 N–H and O–H groups in total. The Labute approximate surface area is 98.5 Å². The maximum atomic E-state index is 10.1. The van der Waals surface area contributed by atoms with Gasteiger partial charge >= 0.3 is 0 Å². The molecule has 1 aliphatic carbocycles. The minimum atomic E-state index is -0.647. The Hall–Kier alpha value is -0.770. The number of aliphatic hydroxyl groups is 1. The molecule has 0 spiro atoms. The number of aliphatic imine (C=N–C) groups is 1. The van der Waals surface area contributed by atoms with Crippen molar-refractivity contribution in [1.82, 2.24) is 10.6 Å². The summed E-state index contributed by atoms with van der Waals surface area (Å²) in [4.78, 5) is 4.45. The second kappa shape index (κ2) is 6.09. The number of nitrogens with one attached hydrogen (secondary N) is 2. The third kappa shape index (κ3) is 4.39. The topological polar surface area (TPSA) is 56.7 Å². The summed E-state index contributed by atoms with van der Waals surface area (Å²) in [6, 6.07) is 0.592. The third-order valence-corrected chi connectivity index (χ3v) is 3.11. The largest absolute Gasteiger partial charge is 0.388 e. The van der Waals surface area contributed by atoms with E-state index in [9.17, 15) is 5.11 Å². The minimum Gasteiger partial charge on any atom is -0.388 e. The standard InChI is InChI=1S/C12H25N3O/c1-4-12(16,5-2)9-14-11(13-6-3)15-10-7-8-10/h10,16H,4-9H2,1-3H3,(H2,13,14,15). The molecule has 0 radical (unpaired) electrons. The molecule has 1 rings (SSSR count). The molecule has 0 heterocycles. The van der Waals surface area contributed by atoms with Crippen LogP contribution in [0, 0.1) is 0 Å². The second-order valence-electron chi connectivity index (χ2n) is 4.55. The fraction of sp³-hybridized carbons (Fsp3) is 0.917. The molecule has 4 heteroatoms. The lowest BCUT2D eigenvalue weighted by atomic mass is 9.98. The van der Waals surface area contributed by atoms with Crippen LogP contribution in [-0.2, 0) is 0 Å². The first-order valence-corrected chi connectivity index (χ1v) is 6.40. The van der Waals surface area contributed by atoms with Gasteiger partial charge in [0.2, 0.25) is 0 Å². The van der Waals surface area contributed by atoms with E-state index in [1.165, 1.54) is 12.8 Å². The van der Waals surface area contributed by atoms with Gasteiger partial charge in [-0.1, -0.05) is 13.8 Å². The van der Waals surface area contributed by atoms with Crippen LogP contribution in [0.3, 0.4) is 0 Å². The highest BCUT2D eigenvalue weighted by atomic mass is 16.3. The molecule has 1 fully saturated rings. The van der Waals surface area contributed by atoms with Crippen molar-refractivity contribution < 1.29 is 5.11 Å². The minimum absolute atomic E-state index is 0.474. The Morgan fingerprint density at radius 1 is 1.31 bits per heavy atom. The van der Waals surface area contributed by atoms with Crippen molar-refractivity contribution in [1.29, 1.82) is 0 Å². The van der Waals surface area contributed by atoms with E-state index >= 15 is 0 Å². The van der Waals surface area contributed by atoms with Gasteiger partial charge in [-0.15, -0.1) is 0 Å². The Morgan fingerprint density at radius 3 is 2.38 bits per heavy atom. The molecule has 0 aromatic heterocycles. The van der Waals surface area contributed by atoms with Crippen LogP contribution in [-0.4, -0.2) is 35.8 Å². The predicted octanol–water partition coefficient (Wildman–Crippen LogP) is 1.25. The molecule has 0 aromatic rings. The van der Waals surface area contributed by atoms with Crippen LogP contribution in [0.5, 0.6) is 0 Å². The van der Waals surface area contributed by atoms with Crippen molar-refractivity contribution in [2.24, 2.45) is 4.99 Å². The van der Waals surface area contributed by atoms with Gasteiger partial charge in [-0.25, -0.2) is 0 Å². The van der Waals surface area contributed by atoms with E-state index in [4.69, 9.17) is 0 Å². The summed E-state index contributed by atoms with van der Waals surface area (Å²) in [6.45, 7) is 7.38. The number of nitrogens with zero attached hydrogens (tertiary/aromatic N) is 1. The first-order valence-electron chi connectivity index (χ1n) is 6.40. The Balaban J connectivity index is 2.47. The van der Waals surface area contributed by atoms with Gasteiger partial charge in [0.25, 0.3) is 0 Å². The van der Waals surface area contributed by atoms with E-state index in [1.807, 2.05) is 13.8 Å². The van der Waals surface area contributed by atoms with Crippen molar-refractivity contribution in [3.63, 3.8) is 0 Å². The SMILES string of the molecule is CCNC(=NCC(O)(CC)CC)NC1CC1. The number of guanidine groups is 1. The molecule has 1 saturated carbocycles. The van der Waals surface area contributed by atoms with Gasteiger partial charge in [-0.3, -0.25) is 4.99 Å². The summed E-state index contributed by atoms with van der Waals surface area (Å²) in [5.41, 5.74) is -0.647. The third-order valence-electron chi connectivity index (χ3n) is 3.11. The van der Waals surface area contributed by atoms with E-state index in [-0.39, 0.29) is 0 Å². The number of hydrogen-bond acceptors (Lipinski definition) is 2. The van der Waals surface area contributed by atoms with Gasteiger partial charge in [-0.05, 0) is 32.6 Å². The molecule has 0 saturated heterocycles. The first kappa shape index (κ1) is 13.3. The maximum Gasteiger partial charge on any atom is 0.191 e. The second-order valence-corrected chi connectivity index (χ2v) is 4.55. The summed E-state index contributed by atoms with van der Waals surface area (Å²) in [7, 11) is 0. The zero-order valence-corrected chi connectivity index (χ0v) is 10.7. The molecule has 94 valence electrons. The molecule has 0 unspecified atom stereocenters. The van der Waals surface area contributed by atoms with Crippen LogP contribution in [0.15, 0.2) is 4.99 Å². The Bertz CT molecular complexity index is 232. The van der Waals surface area contributed by atoms with Crippen LogP contribution in [0.4, 0.5) is 0 Å². The van der Waals surface area contributed by atoms with Crippen LogP contribution < -0.4 is 10.6 Å². The molecule has 4 nitrogen and oxygen atoms in total. The zero-order chi connectivity index (χ0) is 12.0. The Kier molecular flexibility index (Phi) is 5.06. The van der Waals surface area contributed by atoms with Crippen LogP contribution in [0.1, 0.15) is 46.5 Å². The molecule has 0 aromatic carbocycles. The highest BCUT2D eigenvalue weighted by Gasteiger charge is 2.24. The fourth-order valence-corrected chi connectivity index (χ4v) is 1.44. The highest BCUT2D eigenvalue weighted by Crippen LogP contribution is 2.19. The highest BCUT2D eigenvalue weighted by molar-refractivity contribution is 5.80. The molecule has 0 aliphatic heterocycles. The molecular weight excluding hydrogens is 202 g/mol. The normalized spacial score (nSPS) is 17.4. The fourth-order valence-electron chi connectivity index (χ4n) is 1.44. The molecule has 1 aliphatic rings. The van der Waals surface area contributed by atoms with Gasteiger partial charge in [0, 0.05) is 12.6 Å². The summed E-state index contributed by atoms with van der Waals surface area (Å²) in [5, 5.41) is 16.7. The van der Waals surface area contributed by atoms with Crippen LogP contribution >= 0.6 is 0 Å². The Morgan fingerprint density at radius 2 is 1.94 bits per heavy atom. The molecule has 0 amide bonds. The first-order chi connectivity index (χ1) is 7.63. The summed E-state index contributed by atoms with van der Waals surface area (Å²) in [5.74, 6) is 0.838. The lowest BCUT2D eigenvalue weighted by molar-refractivity contribution is 0.0418. The summed E-state index contributed by atoms with van der Waals surface area (Å²) in [6.07, 6.45) is 3.96.